The van der Waals surface area contributed by atoms with Crippen LogP contribution in [0.4, 0.5) is 11.4 Å². The van der Waals surface area contributed by atoms with Crippen LogP contribution in [0.5, 0.6) is 11.5 Å². The Hall–Kier alpha value is -3.62. The van der Waals surface area contributed by atoms with E-state index in [1.807, 2.05) is 19.9 Å². The van der Waals surface area contributed by atoms with Crippen molar-refractivity contribution in [3.8, 4) is 11.5 Å². The molecule has 9 nitrogen and oxygen atoms in total. The van der Waals surface area contributed by atoms with Gasteiger partial charge in [0.05, 0.1) is 23.8 Å². The number of esters is 1. The van der Waals surface area contributed by atoms with Crippen molar-refractivity contribution in [1.29, 1.82) is 0 Å². The Labute approximate surface area is 161 Å². The van der Waals surface area contributed by atoms with Crippen LogP contribution in [0, 0.1) is 24.0 Å². The van der Waals surface area contributed by atoms with Crippen LogP contribution in [0.3, 0.4) is 0 Å². The Morgan fingerprint density at radius 2 is 1.75 bits per heavy atom. The Morgan fingerprint density at radius 1 is 1.07 bits per heavy atom. The standard InChI is InChI=1S/C19H20N2O7/c1-12-6-13(2)8-15(7-12)27-11-19(23)28-10-18(22)20-16-5-4-14(21(24)25)9-17(16)26-3/h4-9H,10-11H2,1-3H3,(H,20,22). The van der Waals surface area contributed by atoms with Gasteiger partial charge in [-0.25, -0.2) is 4.79 Å². The number of nitro groups is 1. The highest BCUT2D eigenvalue weighted by molar-refractivity contribution is 5.94. The molecule has 2 rings (SSSR count). The summed E-state index contributed by atoms with van der Waals surface area (Å²) in [6.45, 7) is 2.95. The number of methoxy groups -OCH3 is 1. The molecule has 0 aliphatic carbocycles. The van der Waals surface area contributed by atoms with Gasteiger partial charge < -0.3 is 19.5 Å². The molecule has 1 N–H and O–H groups in total. The minimum atomic E-state index is -0.704. The van der Waals surface area contributed by atoms with E-state index in [-0.39, 0.29) is 23.7 Å². The zero-order valence-corrected chi connectivity index (χ0v) is 15.7. The van der Waals surface area contributed by atoms with Gasteiger partial charge in [0.2, 0.25) is 0 Å². The average Bonchev–Trinajstić information content (AvgIpc) is 2.64. The molecular weight excluding hydrogens is 368 g/mol. The zero-order valence-electron chi connectivity index (χ0n) is 15.7. The molecular formula is C19H20N2O7. The molecule has 0 fully saturated rings. The summed E-state index contributed by atoms with van der Waals surface area (Å²) in [4.78, 5) is 33.9. The van der Waals surface area contributed by atoms with Crippen LogP contribution in [0.15, 0.2) is 36.4 Å². The van der Waals surface area contributed by atoms with Crippen LogP contribution in [0.1, 0.15) is 11.1 Å². The van der Waals surface area contributed by atoms with E-state index in [2.05, 4.69) is 5.32 Å². The monoisotopic (exact) mass is 388 g/mol. The molecule has 28 heavy (non-hydrogen) atoms. The lowest BCUT2D eigenvalue weighted by atomic mass is 10.1. The summed E-state index contributed by atoms with van der Waals surface area (Å²) >= 11 is 0. The van der Waals surface area contributed by atoms with Gasteiger partial charge >= 0.3 is 5.97 Å². The first-order valence-corrected chi connectivity index (χ1v) is 8.27. The lowest BCUT2D eigenvalue weighted by Crippen LogP contribution is -2.23. The number of hydrogen-bond donors (Lipinski definition) is 1. The van der Waals surface area contributed by atoms with Crippen molar-refractivity contribution in [3.05, 3.63) is 57.6 Å². The van der Waals surface area contributed by atoms with Crippen molar-refractivity contribution in [2.45, 2.75) is 13.8 Å². The molecule has 9 heteroatoms. The average molecular weight is 388 g/mol. The number of carbonyl (C=O) groups excluding carboxylic acids is 2. The molecule has 2 aromatic carbocycles. The van der Waals surface area contributed by atoms with Crippen molar-refractivity contribution in [2.75, 3.05) is 25.6 Å². The maximum Gasteiger partial charge on any atom is 0.344 e. The number of anilines is 1. The topological polar surface area (TPSA) is 117 Å². The van der Waals surface area contributed by atoms with Crippen molar-refractivity contribution < 1.29 is 28.7 Å². The third-order valence-electron chi connectivity index (χ3n) is 3.59. The van der Waals surface area contributed by atoms with Crippen LogP contribution in [0.25, 0.3) is 0 Å². The summed E-state index contributed by atoms with van der Waals surface area (Å²) < 4.78 is 15.3. The first kappa shape index (κ1) is 20.7. The van der Waals surface area contributed by atoms with E-state index in [0.717, 1.165) is 11.1 Å². The fraction of sp³-hybridized carbons (Fsp3) is 0.263. The van der Waals surface area contributed by atoms with E-state index in [9.17, 15) is 19.7 Å². The highest BCUT2D eigenvalue weighted by Gasteiger charge is 2.15. The van der Waals surface area contributed by atoms with Crippen LogP contribution < -0.4 is 14.8 Å². The van der Waals surface area contributed by atoms with Gasteiger partial charge in [-0.1, -0.05) is 6.07 Å². The van der Waals surface area contributed by atoms with Gasteiger partial charge in [-0.15, -0.1) is 0 Å². The fourth-order valence-corrected chi connectivity index (χ4v) is 2.43. The number of benzene rings is 2. The van der Waals surface area contributed by atoms with Gasteiger partial charge in [0.25, 0.3) is 11.6 Å². The van der Waals surface area contributed by atoms with E-state index in [0.29, 0.717) is 5.75 Å². The van der Waals surface area contributed by atoms with Gasteiger partial charge in [0, 0.05) is 6.07 Å². The van der Waals surface area contributed by atoms with E-state index in [1.54, 1.807) is 12.1 Å². The molecule has 0 heterocycles. The van der Waals surface area contributed by atoms with E-state index >= 15 is 0 Å². The minimum absolute atomic E-state index is 0.118. The molecule has 0 aliphatic rings. The molecule has 0 aliphatic heterocycles. The summed E-state index contributed by atoms with van der Waals surface area (Å²) in [5.74, 6) is -0.668. The smallest absolute Gasteiger partial charge is 0.344 e. The summed E-state index contributed by atoms with van der Waals surface area (Å²) in [7, 11) is 1.32. The number of nitrogens with zero attached hydrogens (tertiary/aromatic N) is 1. The second-order valence-corrected chi connectivity index (χ2v) is 5.96. The number of hydrogen-bond acceptors (Lipinski definition) is 7. The molecule has 0 saturated heterocycles. The first-order chi connectivity index (χ1) is 13.3. The maximum atomic E-state index is 11.9. The zero-order chi connectivity index (χ0) is 20.7. The number of aryl methyl sites for hydroxylation is 2. The largest absolute Gasteiger partial charge is 0.494 e. The van der Waals surface area contributed by atoms with Crippen LogP contribution >= 0.6 is 0 Å². The minimum Gasteiger partial charge on any atom is -0.494 e. The van der Waals surface area contributed by atoms with Crippen molar-refractivity contribution >= 4 is 23.3 Å². The number of nitrogens with one attached hydrogen (secondary N) is 1. The van der Waals surface area contributed by atoms with Crippen LogP contribution in [-0.4, -0.2) is 37.1 Å². The SMILES string of the molecule is COc1cc([N+](=O)[O-])ccc1NC(=O)COC(=O)COc1cc(C)cc(C)c1. The Balaban J connectivity index is 1.85. The lowest BCUT2D eigenvalue weighted by molar-refractivity contribution is -0.384. The molecule has 0 atom stereocenters. The molecule has 0 spiro atoms. The third kappa shape index (κ3) is 5.97. The van der Waals surface area contributed by atoms with Crippen LogP contribution in [-0.2, 0) is 14.3 Å². The highest BCUT2D eigenvalue weighted by Crippen LogP contribution is 2.28. The molecule has 148 valence electrons. The van der Waals surface area contributed by atoms with E-state index in [4.69, 9.17) is 14.2 Å². The second kappa shape index (κ2) is 9.36. The normalized spacial score (nSPS) is 10.1. The summed E-state index contributed by atoms with van der Waals surface area (Å²) in [5, 5.41) is 13.2. The number of amides is 1. The van der Waals surface area contributed by atoms with Gasteiger partial charge in [-0.05, 0) is 43.2 Å². The van der Waals surface area contributed by atoms with Gasteiger partial charge in [0.1, 0.15) is 11.5 Å². The molecule has 0 unspecified atom stereocenters. The van der Waals surface area contributed by atoms with Crippen molar-refractivity contribution in [1.82, 2.24) is 0 Å². The third-order valence-corrected chi connectivity index (χ3v) is 3.59. The number of ether oxygens (including phenoxy) is 3. The van der Waals surface area contributed by atoms with Gasteiger partial charge in [0.15, 0.2) is 13.2 Å². The molecule has 0 aromatic heterocycles. The quantitative estimate of drug-likeness (QED) is 0.420. The predicted octanol–water partition coefficient (Wildman–Crippen LogP) is 2.78. The summed E-state index contributed by atoms with van der Waals surface area (Å²) in [6, 6.07) is 9.28. The summed E-state index contributed by atoms with van der Waals surface area (Å²) in [6.07, 6.45) is 0. The lowest BCUT2D eigenvalue weighted by Gasteiger charge is -2.11. The number of carbonyl (C=O) groups is 2. The number of rotatable bonds is 8. The number of nitro benzene ring substituents is 1. The van der Waals surface area contributed by atoms with E-state index < -0.39 is 23.4 Å². The highest BCUT2D eigenvalue weighted by atomic mass is 16.6. The van der Waals surface area contributed by atoms with Crippen LogP contribution in [0.2, 0.25) is 0 Å². The fourth-order valence-electron chi connectivity index (χ4n) is 2.43. The Bertz CT molecular complexity index is 876. The van der Waals surface area contributed by atoms with Crippen molar-refractivity contribution in [2.24, 2.45) is 0 Å². The molecule has 2 aromatic rings. The van der Waals surface area contributed by atoms with E-state index in [1.165, 1.54) is 25.3 Å². The molecule has 0 bridgehead atoms. The molecule has 0 saturated carbocycles. The van der Waals surface area contributed by atoms with Crippen molar-refractivity contribution in [3.63, 3.8) is 0 Å². The predicted molar refractivity (Wildman–Crippen MR) is 101 cm³/mol. The molecule has 1 amide bonds. The molecule has 0 radical (unpaired) electrons. The summed E-state index contributed by atoms with van der Waals surface area (Å²) in [5.41, 5.74) is 2.05. The maximum absolute atomic E-state index is 11.9. The van der Waals surface area contributed by atoms with Gasteiger partial charge in [-0.2, -0.15) is 0 Å². The first-order valence-electron chi connectivity index (χ1n) is 8.27. The van der Waals surface area contributed by atoms with Gasteiger partial charge in [-0.3, -0.25) is 14.9 Å². The Morgan fingerprint density at radius 3 is 2.36 bits per heavy atom. The Kier molecular flexibility index (Phi) is 6.91. The number of non-ortho nitro benzene ring substituents is 1. The second-order valence-electron chi connectivity index (χ2n) is 5.96.